The second-order valence-electron chi connectivity index (χ2n) is 4.89. The van der Waals surface area contributed by atoms with E-state index in [4.69, 9.17) is 4.74 Å². The molecule has 2 N–H and O–H groups in total. The lowest BCUT2D eigenvalue weighted by Gasteiger charge is -2.09. The van der Waals surface area contributed by atoms with E-state index in [1.54, 1.807) is 13.2 Å². The van der Waals surface area contributed by atoms with Crippen molar-refractivity contribution in [3.05, 3.63) is 66.5 Å². The van der Waals surface area contributed by atoms with Crippen molar-refractivity contribution < 1.29 is 13.5 Å². The molecule has 5 nitrogen and oxygen atoms in total. The van der Waals surface area contributed by atoms with E-state index < -0.39 is 11.6 Å². The molecule has 0 atom stereocenters. The highest BCUT2D eigenvalue weighted by molar-refractivity contribution is 5.63. The van der Waals surface area contributed by atoms with Crippen LogP contribution in [0.2, 0.25) is 0 Å². The quantitative estimate of drug-likeness (QED) is 0.733. The van der Waals surface area contributed by atoms with Crippen LogP contribution in [0, 0.1) is 11.6 Å². The van der Waals surface area contributed by atoms with Crippen LogP contribution in [0.1, 0.15) is 0 Å². The molecule has 0 aliphatic rings. The Labute approximate surface area is 137 Å². The van der Waals surface area contributed by atoms with Crippen LogP contribution >= 0.6 is 0 Å². The second kappa shape index (κ2) is 6.91. The van der Waals surface area contributed by atoms with Gasteiger partial charge in [0.15, 0.2) is 0 Å². The normalized spacial score (nSPS) is 10.3. The zero-order chi connectivity index (χ0) is 16.9. The van der Waals surface area contributed by atoms with Gasteiger partial charge in [-0.15, -0.1) is 0 Å². The van der Waals surface area contributed by atoms with Crippen LogP contribution in [0.25, 0.3) is 0 Å². The molecule has 0 aliphatic heterocycles. The molecule has 0 amide bonds. The maximum absolute atomic E-state index is 13.7. The molecule has 0 saturated carbocycles. The number of halogens is 2. The number of ether oxygens (including phenoxy) is 1. The lowest BCUT2D eigenvalue weighted by Crippen LogP contribution is -2.00. The molecule has 1 heterocycles. The fraction of sp³-hybridized carbons (Fsp3) is 0.0588. The highest BCUT2D eigenvalue weighted by Gasteiger charge is 2.06. The van der Waals surface area contributed by atoms with Gasteiger partial charge in [-0.05, 0) is 36.4 Å². The zero-order valence-corrected chi connectivity index (χ0v) is 12.8. The standard InChI is InChI=1S/C17H14F2N4O/c1-24-13-5-3-12(4-6-13)22-16-9-17(21-10-20-16)23-15-7-2-11(18)8-14(15)19/h2-10H,1H3,(H2,20,21,22,23). The summed E-state index contributed by atoms with van der Waals surface area (Å²) in [6.07, 6.45) is 1.34. The summed E-state index contributed by atoms with van der Waals surface area (Å²) in [6.45, 7) is 0. The molecule has 3 aromatic rings. The van der Waals surface area contributed by atoms with Crippen LogP contribution in [-0.4, -0.2) is 17.1 Å². The maximum Gasteiger partial charge on any atom is 0.149 e. The van der Waals surface area contributed by atoms with Crippen molar-refractivity contribution in [2.24, 2.45) is 0 Å². The highest BCUT2D eigenvalue weighted by Crippen LogP contribution is 2.22. The van der Waals surface area contributed by atoms with E-state index in [0.717, 1.165) is 17.5 Å². The first kappa shape index (κ1) is 15.7. The molecule has 0 fully saturated rings. The molecule has 1 aromatic heterocycles. The van der Waals surface area contributed by atoms with Crippen molar-refractivity contribution >= 4 is 23.0 Å². The van der Waals surface area contributed by atoms with E-state index >= 15 is 0 Å². The Balaban J connectivity index is 1.75. The number of hydrogen-bond acceptors (Lipinski definition) is 5. The second-order valence-corrected chi connectivity index (χ2v) is 4.89. The van der Waals surface area contributed by atoms with Crippen LogP contribution in [0.4, 0.5) is 31.8 Å². The number of aromatic nitrogens is 2. The number of anilines is 4. The largest absolute Gasteiger partial charge is 0.497 e. The smallest absolute Gasteiger partial charge is 0.149 e. The minimum Gasteiger partial charge on any atom is -0.497 e. The molecule has 7 heteroatoms. The predicted octanol–water partition coefficient (Wildman–Crippen LogP) is 4.25. The van der Waals surface area contributed by atoms with Gasteiger partial charge in [0.05, 0.1) is 12.8 Å². The predicted molar refractivity (Wildman–Crippen MR) is 87.9 cm³/mol. The average Bonchev–Trinajstić information content (AvgIpc) is 2.58. The monoisotopic (exact) mass is 328 g/mol. The summed E-state index contributed by atoms with van der Waals surface area (Å²) < 4.78 is 31.7. The lowest BCUT2D eigenvalue weighted by atomic mass is 10.3. The van der Waals surface area contributed by atoms with Crippen LogP contribution in [-0.2, 0) is 0 Å². The Hall–Kier alpha value is -3.22. The van der Waals surface area contributed by atoms with E-state index in [1.165, 1.54) is 18.5 Å². The van der Waals surface area contributed by atoms with Crippen molar-refractivity contribution in [3.8, 4) is 5.75 Å². The molecule has 0 radical (unpaired) electrons. The first-order valence-electron chi connectivity index (χ1n) is 7.09. The molecule has 0 spiro atoms. The lowest BCUT2D eigenvalue weighted by molar-refractivity contribution is 0.415. The minimum absolute atomic E-state index is 0.130. The number of nitrogens with one attached hydrogen (secondary N) is 2. The Kier molecular flexibility index (Phi) is 4.51. The van der Waals surface area contributed by atoms with Crippen molar-refractivity contribution in [2.75, 3.05) is 17.7 Å². The first-order chi connectivity index (χ1) is 11.6. The summed E-state index contributed by atoms with van der Waals surface area (Å²) in [5, 5.41) is 5.90. The van der Waals surface area contributed by atoms with Crippen LogP contribution < -0.4 is 15.4 Å². The first-order valence-corrected chi connectivity index (χ1v) is 7.09. The molecular weight excluding hydrogens is 314 g/mol. The summed E-state index contributed by atoms with van der Waals surface area (Å²) in [5.74, 6) is 0.324. The summed E-state index contributed by atoms with van der Waals surface area (Å²) in [5.41, 5.74) is 0.943. The Bertz CT molecular complexity index is 840. The third-order valence-electron chi connectivity index (χ3n) is 3.22. The van der Waals surface area contributed by atoms with E-state index in [-0.39, 0.29) is 5.69 Å². The minimum atomic E-state index is -0.696. The molecular formula is C17H14F2N4O. The molecule has 0 bridgehead atoms. The van der Waals surface area contributed by atoms with Gasteiger partial charge < -0.3 is 15.4 Å². The highest BCUT2D eigenvalue weighted by atomic mass is 19.1. The van der Waals surface area contributed by atoms with E-state index in [1.807, 2.05) is 24.3 Å². The number of rotatable bonds is 5. The number of nitrogens with zero attached hydrogens (tertiary/aromatic N) is 2. The van der Waals surface area contributed by atoms with Gasteiger partial charge in [0.2, 0.25) is 0 Å². The Morgan fingerprint density at radius 1 is 0.875 bits per heavy atom. The van der Waals surface area contributed by atoms with Gasteiger partial charge in [-0.3, -0.25) is 0 Å². The molecule has 2 aromatic carbocycles. The fourth-order valence-electron chi connectivity index (χ4n) is 2.05. The van der Waals surface area contributed by atoms with Gasteiger partial charge in [0.25, 0.3) is 0 Å². The van der Waals surface area contributed by atoms with Gasteiger partial charge in [-0.1, -0.05) is 0 Å². The van der Waals surface area contributed by atoms with Crippen molar-refractivity contribution in [3.63, 3.8) is 0 Å². The van der Waals surface area contributed by atoms with E-state index in [2.05, 4.69) is 20.6 Å². The topological polar surface area (TPSA) is 59.1 Å². The number of hydrogen-bond donors (Lipinski definition) is 2. The SMILES string of the molecule is COc1ccc(Nc2cc(Nc3ccc(F)cc3F)ncn2)cc1. The Morgan fingerprint density at radius 2 is 1.58 bits per heavy atom. The molecule has 122 valence electrons. The van der Waals surface area contributed by atoms with Crippen molar-refractivity contribution in [1.29, 1.82) is 0 Å². The number of methoxy groups -OCH3 is 1. The van der Waals surface area contributed by atoms with Gasteiger partial charge in [-0.2, -0.15) is 0 Å². The summed E-state index contributed by atoms with van der Waals surface area (Å²) in [4.78, 5) is 8.13. The average molecular weight is 328 g/mol. The van der Waals surface area contributed by atoms with Crippen LogP contribution in [0.15, 0.2) is 54.9 Å². The molecule has 0 aliphatic carbocycles. The van der Waals surface area contributed by atoms with Gasteiger partial charge >= 0.3 is 0 Å². The van der Waals surface area contributed by atoms with Crippen LogP contribution in [0.3, 0.4) is 0 Å². The molecule has 3 rings (SSSR count). The summed E-state index contributed by atoms with van der Waals surface area (Å²) in [6, 6.07) is 12.2. The van der Waals surface area contributed by atoms with Crippen molar-refractivity contribution in [2.45, 2.75) is 0 Å². The number of benzene rings is 2. The zero-order valence-electron chi connectivity index (χ0n) is 12.8. The fourth-order valence-corrected chi connectivity index (χ4v) is 2.05. The summed E-state index contributed by atoms with van der Waals surface area (Å²) >= 11 is 0. The van der Waals surface area contributed by atoms with Crippen molar-refractivity contribution in [1.82, 2.24) is 9.97 Å². The van der Waals surface area contributed by atoms with Gasteiger partial charge in [-0.25, -0.2) is 18.7 Å². The van der Waals surface area contributed by atoms with E-state index in [0.29, 0.717) is 11.6 Å². The summed E-state index contributed by atoms with van der Waals surface area (Å²) in [7, 11) is 1.60. The molecule has 0 saturated heterocycles. The third-order valence-corrected chi connectivity index (χ3v) is 3.22. The maximum atomic E-state index is 13.7. The van der Waals surface area contributed by atoms with Crippen LogP contribution in [0.5, 0.6) is 5.75 Å². The van der Waals surface area contributed by atoms with E-state index in [9.17, 15) is 8.78 Å². The molecule has 24 heavy (non-hydrogen) atoms. The Morgan fingerprint density at radius 3 is 2.25 bits per heavy atom. The third kappa shape index (κ3) is 3.75. The van der Waals surface area contributed by atoms with Gasteiger partial charge in [0, 0.05) is 17.8 Å². The van der Waals surface area contributed by atoms with Gasteiger partial charge in [0.1, 0.15) is 35.3 Å². The molecule has 0 unspecified atom stereocenters.